The Labute approximate surface area is 141 Å². The van der Waals surface area contributed by atoms with Crippen molar-refractivity contribution in [2.24, 2.45) is 0 Å². The maximum Gasteiger partial charge on any atom is 0.345 e. The van der Waals surface area contributed by atoms with Crippen molar-refractivity contribution in [3.05, 3.63) is 54.1 Å². The van der Waals surface area contributed by atoms with Gasteiger partial charge in [0.1, 0.15) is 5.75 Å². The summed E-state index contributed by atoms with van der Waals surface area (Å²) >= 11 is 0. The normalized spacial score (nSPS) is 14.0. The molecule has 1 unspecified atom stereocenters. The van der Waals surface area contributed by atoms with Crippen LogP contribution in [0.25, 0.3) is 0 Å². The molecule has 2 N–H and O–H groups in total. The van der Waals surface area contributed by atoms with Crippen molar-refractivity contribution in [2.45, 2.75) is 19.6 Å². The van der Waals surface area contributed by atoms with Gasteiger partial charge in [-0.1, -0.05) is 18.2 Å². The predicted molar refractivity (Wildman–Crippen MR) is 92.7 cm³/mol. The zero-order valence-electron chi connectivity index (χ0n) is 13.8. The summed E-state index contributed by atoms with van der Waals surface area (Å²) in [6, 6.07) is 14.6. The number of hydrogen-bond donors (Lipinski definition) is 2. The minimum atomic E-state index is -0.564. The largest absolute Gasteiger partial charge is 0.471 e. The molecule has 1 aliphatic rings. The Morgan fingerprint density at radius 1 is 1.29 bits per heavy atom. The first kappa shape index (κ1) is 16.1. The number of urea groups is 1. The Bertz CT molecular complexity index is 721. The summed E-state index contributed by atoms with van der Waals surface area (Å²) in [6.45, 7) is 2.84. The summed E-state index contributed by atoms with van der Waals surface area (Å²) in [5.41, 5.74) is 2.60. The number of carbonyl (C=O) groups is 1. The number of hydrogen-bond acceptors (Lipinski definition) is 4. The van der Waals surface area contributed by atoms with E-state index in [4.69, 9.17) is 4.74 Å². The Balaban J connectivity index is 1.76. The van der Waals surface area contributed by atoms with Gasteiger partial charge in [0.15, 0.2) is 6.23 Å². The van der Waals surface area contributed by atoms with Gasteiger partial charge in [-0.15, -0.1) is 0 Å². The molecule has 2 amide bonds. The first-order valence-electron chi connectivity index (χ1n) is 7.92. The van der Waals surface area contributed by atoms with E-state index < -0.39 is 6.03 Å². The van der Waals surface area contributed by atoms with Crippen molar-refractivity contribution < 1.29 is 14.7 Å². The third-order valence-corrected chi connectivity index (χ3v) is 4.13. The van der Waals surface area contributed by atoms with E-state index in [-0.39, 0.29) is 6.23 Å². The maximum atomic E-state index is 11.5. The first-order valence-corrected chi connectivity index (χ1v) is 7.92. The molecule has 24 heavy (non-hydrogen) atoms. The standard InChI is InChI=1S/C18H21N3O3/c1-13(24-16-6-4-3-5-7-16)20-11-10-14-12-15(8-9-17(14)20)21(23)18(22)19-2/h3-9,12-13,23H,10-11H2,1-2H3,(H,19,22). The highest BCUT2D eigenvalue weighted by molar-refractivity contribution is 5.89. The van der Waals surface area contributed by atoms with Crippen LogP contribution in [0, 0.1) is 0 Å². The molecule has 1 aliphatic heterocycles. The molecule has 0 saturated heterocycles. The van der Waals surface area contributed by atoms with Crippen molar-refractivity contribution in [2.75, 3.05) is 23.6 Å². The molecule has 0 radical (unpaired) electrons. The Kier molecular flexibility index (Phi) is 4.57. The van der Waals surface area contributed by atoms with Crippen molar-refractivity contribution in [1.29, 1.82) is 0 Å². The van der Waals surface area contributed by atoms with Crippen LogP contribution in [0.15, 0.2) is 48.5 Å². The van der Waals surface area contributed by atoms with E-state index in [9.17, 15) is 10.0 Å². The topological polar surface area (TPSA) is 65.0 Å². The van der Waals surface area contributed by atoms with Crippen LogP contribution in [-0.2, 0) is 6.42 Å². The SMILES string of the molecule is CNC(=O)N(O)c1ccc2c(c1)CCN2C(C)Oc1ccccc1. The van der Waals surface area contributed by atoms with Crippen LogP contribution in [0.1, 0.15) is 12.5 Å². The second-order valence-corrected chi connectivity index (χ2v) is 5.65. The Morgan fingerprint density at radius 2 is 2.04 bits per heavy atom. The number of para-hydroxylation sites is 1. The highest BCUT2D eigenvalue weighted by Gasteiger charge is 2.25. The fourth-order valence-corrected chi connectivity index (χ4v) is 2.91. The first-order chi connectivity index (χ1) is 11.6. The lowest BCUT2D eigenvalue weighted by molar-refractivity contribution is 0.206. The van der Waals surface area contributed by atoms with Gasteiger partial charge in [0.05, 0.1) is 5.69 Å². The minimum Gasteiger partial charge on any atom is -0.471 e. The van der Waals surface area contributed by atoms with Crippen LogP contribution >= 0.6 is 0 Å². The van der Waals surface area contributed by atoms with E-state index in [2.05, 4.69) is 10.2 Å². The number of nitrogens with one attached hydrogen (secondary N) is 1. The van der Waals surface area contributed by atoms with Gasteiger partial charge in [-0.25, -0.2) is 4.79 Å². The highest BCUT2D eigenvalue weighted by Crippen LogP contribution is 2.33. The molecule has 0 fully saturated rings. The van der Waals surface area contributed by atoms with Gasteiger partial charge in [0.2, 0.25) is 0 Å². The lowest BCUT2D eigenvalue weighted by Gasteiger charge is -2.28. The molecule has 3 rings (SSSR count). The molecule has 0 aliphatic carbocycles. The minimum absolute atomic E-state index is 0.108. The summed E-state index contributed by atoms with van der Waals surface area (Å²) in [7, 11) is 1.48. The van der Waals surface area contributed by atoms with Crippen molar-refractivity contribution >= 4 is 17.4 Å². The van der Waals surface area contributed by atoms with Crippen molar-refractivity contribution in [1.82, 2.24) is 5.32 Å². The zero-order chi connectivity index (χ0) is 17.1. The molecule has 6 heteroatoms. The third-order valence-electron chi connectivity index (χ3n) is 4.13. The van der Waals surface area contributed by atoms with E-state index in [0.29, 0.717) is 10.8 Å². The summed E-state index contributed by atoms with van der Waals surface area (Å²) < 4.78 is 5.99. The number of rotatable bonds is 4. The van der Waals surface area contributed by atoms with Crippen LogP contribution < -0.4 is 20.0 Å². The molecular weight excluding hydrogens is 306 g/mol. The van der Waals surface area contributed by atoms with Crippen molar-refractivity contribution in [3.8, 4) is 5.75 Å². The number of amides is 2. The van der Waals surface area contributed by atoms with Crippen LogP contribution in [0.4, 0.5) is 16.2 Å². The zero-order valence-corrected chi connectivity index (χ0v) is 13.8. The number of ether oxygens (including phenoxy) is 1. The van der Waals surface area contributed by atoms with Gasteiger partial charge >= 0.3 is 6.03 Å². The summed E-state index contributed by atoms with van der Waals surface area (Å²) in [6.07, 6.45) is 0.733. The summed E-state index contributed by atoms with van der Waals surface area (Å²) in [4.78, 5) is 13.7. The molecule has 1 heterocycles. The summed E-state index contributed by atoms with van der Waals surface area (Å²) in [5.74, 6) is 0.830. The smallest absolute Gasteiger partial charge is 0.345 e. The third kappa shape index (κ3) is 3.14. The van der Waals surface area contributed by atoms with Crippen LogP contribution in [0.5, 0.6) is 5.75 Å². The van der Waals surface area contributed by atoms with Crippen molar-refractivity contribution in [3.63, 3.8) is 0 Å². The number of carbonyl (C=O) groups excluding carboxylic acids is 1. The van der Waals surface area contributed by atoms with Gasteiger partial charge in [-0.2, -0.15) is 5.06 Å². The number of benzene rings is 2. The molecule has 126 valence electrons. The van der Waals surface area contributed by atoms with E-state index in [1.165, 1.54) is 7.05 Å². The summed E-state index contributed by atoms with van der Waals surface area (Å²) in [5, 5.41) is 12.9. The monoisotopic (exact) mass is 327 g/mol. The van der Waals surface area contributed by atoms with Gasteiger partial charge in [-0.05, 0) is 49.2 Å². The van der Waals surface area contributed by atoms with E-state index in [1.54, 1.807) is 6.07 Å². The van der Waals surface area contributed by atoms with Gasteiger partial charge in [0.25, 0.3) is 0 Å². The molecular formula is C18H21N3O3. The predicted octanol–water partition coefficient (Wildman–Crippen LogP) is 3.01. The second-order valence-electron chi connectivity index (χ2n) is 5.65. The van der Waals surface area contributed by atoms with Gasteiger partial charge in [0, 0.05) is 19.3 Å². The van der Waals surface area contributed by atoms with E-state index in [0.717, 1.165) is 30.0 Å². The van der Waals surface area contributed by atoms with E-state index >= 15 is 0 Å². The number of anilines is 2. The fourth-order valence-electron chi connectivity index (χ4n) is 2.91. The van der Waals surface area contributed by atoms with Crippen LogP contribution in [0.3, 0.4) is 0 Å². The number of fused-ring (bicyclic) bond motifs is 1. The van der Waals surface area contributed by atoms with E-state index in [1.807, 2.05) is 49.4 Å². The molecule has 6 nitrogen and oxygen atoms in total. The Hall–Kier alpha value is -2.73. The van der Waals surface area contributed by atoms with Crippen LogP contribution in [-0.4, -0.2) is 31.1 Å². The molecule has 0 spiro atoms. The maximum absolute atomic E-state index is 11.5. The lowest BCUT2D eigenvalue weighted by Crippen LogP contribution is -2.36. The quantitative estimate of drug-likeness (QED) is 0.669. The average Bonchev–Trinajstić information content (AvgIpc) is 3.04. The number of hydroxylamine groups is 1. The van der Waals surface area contributed by atoms with Gasteiger partial charge in [-0.3, -0.25) is 5.21 Å². The molecule has 0 saturated carbocycles. The molecule has 2 aromatic rings. The Morgan fingerprint density at radius 3 is 2.75 bits per heavy atom. The van der Waals surface area contributed by atoms with Gasteiger partial charge < -0.3 is 15.0 Å². The molecule has 0 aromatic heterocycles. The molecule has 0 bridgehead atoms. The van der Waals surface area contributed by atoms with Crippen LogP contribution in [0.2, 0.25) is 0 Å². The lowest BCUT2D eigenvalue weighted by atomic mass is 10.1. The molecule has 1 atom stereocenters. The fraction of sp³-hybridized carbons (Fsp3) is 0.278. The average molecular weight is 327 g/mol. The molecule has 2 aromatic carbocycles. The number of nitrogens with zero attached hydrogens (tertiary/aromatic N) is 2. The highest BCUT2D eigenvalue weighted by atomic mass is 16.5. The second kappa shape index (κ2) is 6.80.